The van der Waals surface area contributed by atoms with Gasteiger partial charge in [-0.15, -0.1) is 0 Å². The van der Waals surface area contributed by atoms with E-state index in [1.54, 1.807) is 19.0 Å². The molecule has 7 heteroatoms. The monoisotopic (exact) mass is 339 g/mol. The molecule has 1 fully saturated rings. The predicted octanol–water partition coefficient (Wildman–Crippen LogP) is 0.611. The van der Waals surface area contributed by atoms with Gasteiger partial charge < -0.3 is 4.90 Å². The number of carbonyl (C=O) groups excluding carboxylic acids is 1. The van der Waals surface area contributed by atoms with Gasteiger partial charge in [0.05, 0.1) is 11.8 Å². The van der Waals surface area contributed by atoms with Crippen LogP contribution in [0, 0.1) is 0 Å². The van der Waals surface area contributed by atoms with Crippen molar-refractivity contribution in [2.45, 2.75) is 18.7 Å². The van der Waals surface area contributed by atoms with E-state index in [0.29, 0.717) is 26.2 Å². The minimum Gasteiger partial charge on any atom is -0.347 e. The lowest BCUT2D eigenvalue weighted by molar-refractivity contribution is -0.134. The standard InChI is InChI=1S/C16H25N3O3S/c1-14(16(20)17(2)3)18-9-11-19(12-10-18)23(21,22)13-15-7-5-4-6-8-15/h4-8,14H,9-13H2,1-3H3/t14-/m1/s1. The van der Waals surface area contributed by atoms with Crippen molar-refractivity contribution in [1.29, 1.82) is 0 Å². The Morgan fingerprint density at radius 1 is 1.13 bits per heavy atom. The van der Waals surface area contributed by atoms with Crippen molar-refractivity contribution in [3.8, 4) is 0 Å². The van der Waals surface area contributed by atoms with Crippen LogP contribution in [-0.2, 0) is 20.6 Å². The van der Waals surface area contributed by atoms with Gasteiger partial charge in [-0.2, -0.15) is 4.31 Å². The normalized spacial score (nSPS) is 18.6. The number of hydrogen-bond donors (Lipinski definition) is 0. The third-order valence-corrected chi connectivity index (χ3v) is 6.05. The van der Waals surface area contributed by atoms with E-state index in [1.165, 1.54) is 4.31 Å². The topological polar surface area (TPSA) is 60.9 Å². The van der Waals surface area contributed by atoms with E-state index in [1.807, 2.05) is 42.2 Å². The van der Waals surface area contributed by atoms with Crippen LogP contribution < -0.4 is 0 Å². The van der Waals surface area contributed by atoms with Crippen molar-refractivity contribution in [2.75, 3.05) is 40.3 Å². The highest BCUT2D eigenvalue weighted by molar-refractivity contribution is 7.88. The van der Waals surface area contributed by atoms with Crippen LogP contribution in [0.2, 0.25) is 0 Å². The molecule has 0 N–H and O–H groups in total. The third-order valence-electron chi connectivity index (χ3n) is 4.20. The number of carbonyl (C=O) groups is 1. The van der Waals surface area contributed by atoms with Crippen molar-refractivity contribution in [1.82, 2.24) is 14.1 Å². The summed E-state index contributed by atoms with van der Waals surface area (Å²) in [5, 5.41) is 0. The number of nitrogens with zero attached hydrogens (tertiary/aromatic N) is 3. The lowest BCUT2D eigenvalue weighted by Crippen LogP contribution is -2.54. The molecule has 1 aliphatic heterocycles. The van der Waals surface area contributed by atoms with Gasteiger partial charge in [-0.3, -0.25) is 9.69 Å². The molecule has 1 aromatic carbocycles. The Bertz CT molecular complexity index is 623. The molecule has 0 spiro atoms. The maximum Gasteiger partial charge on any atom is 0.239 e. The molecule has 2 rings (SSSR count). The summed E-state index contributed by atoms with van der Waals surface area (Å²) in [5.74, 6) is 0.0746. The van der Waals surface area contributed by atoms with Crippen LogP contribution in [0.1, 0.15) is 12.5 Å². The van der Waals surface area contributed by atoms with Gasteiger partial charge in [-0.25, -0.2) is 8.42 Å². The minimum atomic E-state index is -3.31. The van der Waals surface area contributed by atoms with Gasteiger partial charge in [0.1, 0.15) is 0 Å². The van der Waals surface area contributed by atoms with Crippen LogP contribution in [0.3, 0.4) is 0 Å². The van der Waals surface area contributed by atoms with Gasteiger partial charge >= 0.3 is 0 Å². The molecule has 0 saturated carbocycles. The summed E-state index contributed by atoms with van der Waals surface area (Å²) < 4.78 is 26.5. The number of sulfonamides is 1. The summed E-state index contributed by atoms with van der Waals surface area (Å²) in [6.07, 6.45) is 0. The summed E-state index contributed by atoms with van der Waals surface area (Å²) in [7, 11) is 0.160. The summed E-state index contributed by atoms with van der Waals surface area (Å²) in [4.78, 5) is 15.6. The smallest absolute Gasteiger partial charge is 0.239 e. The summed E-state index contributed by atoms with van der Waals surface area (Å²) in [6.45, 7) is 3.89. The van der Waals surface area contributed by atoms with E-state index < -0.39 is 10.0 Å². The Kier molecular flexibility index (Phi) is 5.78. The molecule has 0 aliphatic carbocycles. The summed E-state index contributed by atoms with van der Waals surface area (Å²) in [5.41, 5.74) is 0.797. The van der Waals surface area contributed by atoms with Crippen molar-refractivity contribution < 1.29 is 13.2 Å². The second-order valence-electron chi connectivity index (χ2n) is 6.09. The summed E-state index contributed by atoms with van der Waals surface area (Å²) in [6, 6.07) is 8.99. The lowest BCUT2D eigenvalue weighted by atomic mass is 10.2. The van der Waals surface area contributed by atoms with Gasteiger partial charge in [-0.1, -0.05) is 30.3 Å². The Balaban J connectivity index is 1.94. The van der Waals surface area contributed by atoms with Crippen LogP contribution in [0.4, 0.5) is 0 Å². The fraction of sp³-hybridized carbons (Fsp3) is 0.562. The molecule has 1 saturated heterocycles. The number of rotatable bonds is 5. The quantitative estimate of drug-likeness (QED) is 0.789. The molecule has 1 aliphatic rings. The average molecular weight is 339 g/mol. The number of hydrogen-bond acceptors (Lipinski definition) is 4. The second-order valence-corrected chi connectivity index (χ2v) is 8.05. The second kappa shape index (κ2) is 7.42. The van der Waals surface area contributed by atoms with Crippen LogP contribution in [-0.4, -0.2) is 74.7 Å². The number of piperazine rings is 1. The molecule has 0 aromatic heterocycles. The van der Waals surface area contributed by atoms with Crippen LogP contribution in [0.15, 0.2) is 30.3 Å². The number of benzene rings is 1. The van der Waals surface area contributed by atoms with Gasteiger partial charge in [0.15, 0.2) is 0 Å². The first-order valence-electron chi connectivity index (χ1n) is 7.78. The highest BCUT2D eigenvalue weighted by atomic mass is 32.2. The third kappa shape index (κ3) is 4.53. The first-order chi connectivity index (χ1) is 10.8. The Morgan fingerprint density at radius 3 is 2.22 bits per heavy atom. The van der Waals surface area contributed by atoms with Crippen LogP contribution in [0.5, 0.6) is 0 Å². The molecule has 1 atom stereocenters. The molecule has 1 amide bonds. The molecular weight excluding hydrogens is 314 g/mol. The molecule has 1 heterocycles. The molecular formula is C16H25N3O3S. The fourth-order valence-corrected chi connectivity index (χ4v) is 4.29. The van der Waals surface area contributed by atoms with E-state index in [4.69, 9.17) is 0 Å². The number of likely N-dealkylation sites (N-methyl/N-ethyl adjacent to an activating group) is 1. The Hall–Kier alpha value is -1.44. The Morgan fingerprint density at radius 2 is 1.70 bits per heavy atom. The van der Waals surface area contributed by atoms with E-state index in [0.717, 1.165) is 5.56 Å². The van der Waals surface area contributed by atoms with Gasteiger partial charge in [0, 0.05) is 40.3 Å². The van der Waals surface area contributed by atoms with Crippen LogP contribution >= 0.6 is 0 Å². The average Bonchev–Trinajstić information content (AvgIpc) is 2.54. The van der Waals surface area contributed by atoms with E-state index in [9.17, 15) is 13.2 Å². The minimum absolute atomic E-state index is 0.0278. The first-order valence-corrected chi connectivity index (χ1v) is 9.39. The SMILES string of the molecule is C[C@H](C(=O)N(C)C)N1CCN(S(=O)(=O)Cc2ccccc2)CC1. The van der Waals surface area contributed by atoms with Gasteiger partial charge in [0.25, 0.3) is 0 Å². The molecule has 128 valence electrons. The van der Waals surface area contributed by atoms with Crippen LogP contribution in [0.25, 0.3) is 0 Å². The molecule has 0 radical (unpaired) electrons. The maximum atomic E-state index is 12.5. The maximum absolute atomic E-state index is 12.5. The largest absolute Gasteiger partial charge is 0.347 e. The van der Waals surface area contributed by atoms with E-state index >= 15 is 0 Å². The predicted molar refractivity (Wildman–Crippen MR) is 90.4 cm³/mol. The van der Waals surface area contributed by atoms with Crippen molar-refractivity contribution in [3.05, 3.63) is 35.9 Å². The fourth-order valence-electron chi connectivity index (χ4n) is 2.78. The lowest BCUT2D eigenvalue weighted by Gasteiger charge is -2.37. The first kappa shape index (κ1) is 17.9. The van der Waals surface area contributed by atoms with Crippen molar-refractivity contribution in [2.24, 2.45) is 0 Å². The zero-order chi connectivity index (χ0) is 17.0. The molecule has 1 aromatic rings. The molecule has 23 heavy (non-hydrogen) atoms. The van der Waals surface area contributed by atoms with Gasteiger partial charge in [-0.05, 0) is 12.5 Å². The molecule has 6 nitrogen and oxygen atoms in total. The highest BCUT2D eigenvalue weighted by Crippen LogP contribution is 2.15. The van der Waals surface area contributed by atoms with E-state index in [-0.39, 0.29) is 17.7 Å². The highest BCUT2D eigenvalue weighted by Gasteiger charge is 2.31. The van der Waals surface area contributed by atoms with E-state index in [2.05, 4.69) is 0 Å². The van der Waals surface area contributed by atoms with Gasteiger partial charge in [0.2, 0.25) is 15.9 Å². The zero-order valence-electron chi connectivity index (χ0n) is 14.0. The van der Waals surface area contributed by atoms with Crippen molar-refractivity contribution >= 4 is 15.9 Å². The van der Waals surface area contributed by atoms with Crippen molar-refractivity contribution in [3.63, 3.8) is 0 Å². The zero-order valence-corrected chi connectivity index (χ0v) is 14.8. The summed E-state index contributed by atoms with van der Waals surface area (Å²) >= 11 is 0. The number of amides is 1. The molecule has 0 unspecified atom stereocenters. The Labute approximate surface area is 138 Å². The molecule has 0 bridgehead atoms.